The highest BCUT2D eigenvalue weighted by Gasteiger charge is 2.27. The Morgan fingerprint density at radius 2 is 1.82 bits per heavy atom. The van der Waals surface area contributed by atoms with Crippen LogP contribution in [-0.2, 0) is 4.74 Å². The smallest absolute Gasteiger partial charge is 0.389 e. The van der Waals surface area contributed by atoms with Crippen LogP contribution < -0.4 is 0 Å². The molecule has 6 heteroatoms. The number of hydrogen-bond donors (Lipinski definition) is 0. The topological polar surface area (TPSA) is 26.3 Å². The monoisotopic (exact) mass is 428 g/mol. The molecule has 1 unspecified atom stereocenters. The number of aryl methyl sites for hydroxylation is 1. The van der Waals surface area contributed by atoms with E-state index in [9.17, 15) is 18.0 Å². The number of unbranched alkanes of at least 4 members (excludes halogenated alkanes) is 1. The van der Waals surface area contributed by atoms with Crippen molar-refractivity contribution >= 4 is 28.6 Å². The van der Waals surface area contributed by atoms with Gasteiger partial charge in [0.05, 0.1) is 12.2 Å². The molecular weight excluding hydrogens is 408 g/mol. The molecular formula is C16H20F3IO2. The van der Waals surface area contributed by atoms with E-state index in [1.807, 2.05) is 19.1 Å². The molecule has 0 amide bonds. The molecule has 0 aliphatic heterocycles. The Morgan fingerprint density at radius 1 is 1.18 bits per heavy atom. The van der Waals surface area contributed by atoms with Crippen molar-refractivity contribution in [2.24, 2.45) is 0 Å². The number of benzene rings is 1. The van der Waals surface area contributed by atoms with Gasteiger partial charge in [0.25, 0.3) is 0 Å². The van der Waals surface area contributed by atoms with Crippen LogP contribution in [0.5, 0.6) is 0 Å². The lowest BCUT2D eigenvalue weighted by Crippen LogP contribution is -2.11. The summed E-state index contributed by atoms with van der Waals surface area (Å²) in [5.41, 5.74) is 1.59. The number of hydrogen-bond acceptors (Lipinski definition) is 2. The van der Waals surface area contributed by atoms with E-state index < -0.39 is 12.6 Å². The van der Waals surface area contributed by atoms with E-state index in [1.165, 1.54) is 0 Å². The number of alkyl halides is 4. The van der Waals surface area contributed by atoms with Crippen LogP contribution in [0.3, 0.4) is 0 Å². The minimum atomic E-state index is -4.08. The van der Waals surface area contributed by atoms with Crippen LogP contribution in [-0.4, -0.2) is 22.7 Å². The van der Waals surface area contributed by atoms with Crippen LogP contribution in [0.25, 0.3) is 0 Å². The first kappa shape index (κ1) is 19.3. The van der Waals surface area contributed by atoms with E-state index in [0.29, 0.717) is 25.0 Å². The van der Waals surface area contributed by atoms with Crippen molar-refractivity contribution in [3.05, 3.63) is 35.4 Å². The molecule has 0 bridgehead atoms. The lowest BCUT2D eigenvalue weighted by atomic mass is 10.1. The lowest BCUT2D eigenvalue weighted by molar-refractivity contribution is -0.135. The zero-order valence-corrected chi connectivity index (χ0v) is 14.6. The van der Waals surface area contributed by atoms with Gasteiger partial charge in [-0.15, -0.1) is 0 Å². The molecule has 0 radical (unpaired) electrons. The number of esters is 1. The summed E-state index contributed by atoms with van der Waals surface area (Å²) in [6, 6.07) is 7.13. The highest BCUT2D eigenvalue weighted by atomic mass is 127. The molecule has 0 fully saturated rings. The van der Waals surface area contributed by atoms with Gasteiger partial charge in [-0.3, -0.25) is 0 Å². The molecule has 2 nitrogen and oxygen atoms in total. The van der Waals surface area contributed by atoms with Gasteiger partial charge in [0.2, 0.25) is 0 Å². The number of carbonyl (C=O) groups is 1. The van der Waals surface area contributed by atoms with E-state index in [1.54, 1.807) is 12.1 Å². The molecule has 22 heavy (non-hydrogen) atoms. The first-order valence-electron chi connectivity index (χ1n) is 7.22. The summed E-state index contributed by atoms with van der Waals surface area (Å²) in [6.45, 7) is 2.24. The Bertz CT molecular complexity index is 457. The molecule has 1 aromatic carbocycles. The molecule has 0 heterocycles. The first-order valence-corrected chi connectivity index (χ1v) is 8.47. The van der Waals surface area contributed by atoms with Gasteiger partial charge in [-0.05, 0) is 44.7 Å². The first-order chi connectivity index (χ1) is 10.3. The van der Waals surface area contributed by atoms with Crippen molar-refractivity contribution in [3.63, 3.8) is 0 Å². The number of halogens is 4. The van der Waals surface area contributed by atoms with Gasteiger partial charge in [-0.25, -0.2) is 4.79 Å². The van der Waals surface area contributed by atoms with Crippen molar-refractivity contribution in [2.45, 2.75) is 49.1 Å². The molecule has 1 rings (SSSR count). The lowest BCUT2D eigenvalue weighted by Gasteiger charge is -2.11. The third-order valence-electron chi connectivity index (χ3n) is 3.17. The second-order valence-corrected chi connectivity index (χ2v) is 7.01. The van der Waals surface area contributed by atoms with Gasteiger partial charge in [0.1, 0.15) is 0 Å². The molecule has 0 aliphatic rings. The van der Waals surface area contributed by atoms with Crippen molar-refractivity contribution in [1.82, 2.24) is 0 Å². The van der Waals surface area contributed by atoms with Crippen LogP contribution in [0, 0.1) is 6.92 Å². The van der Waals surface area contributed by atoms with E-state index >= 15 is 0 Å². The van der Waals surface area contributed by atoms with Crippen molar-refractivity contribution in [2.75, 3.05) is 6.61 Å². The maximum Gasteiger partial charge on any atom is 0.389 e. The average Bonchev–Trinajstić information content (AvgIpc) is 2.44. The summed E-state index contributed by atoms with van der Waals surface area (Å²) in [5, 5.41) is 0. The SMILES string of the molecule is Cc1ccc(C(=O)OCCCCC(I)CCC(F)(F)F)cc1. The summed E-state index contributed by atoms with van der Waals surface area (Å²) in [5.74, 6) is -0.358. The highest BCUT2D eigenvalue weighted by Crippen LogP contribution is 2.26. The highest BCUT2D eigenvalue weighted by molar-refractivity contribution is 14.1. The second kappa shape index (κ2) is 9.37. The van der Waals surface area contributed by atoms with Crippen LogP contribution in [0.4, 0.5) is 13.2 Å². The molecule has 0 N–H and O–H groups in total. The van der Waals surface area contributed by atoms with E-state index in [0.717, 1.165) is 12.0 Å². The Balaban J connectivity index is 2.12. The molecule has 0 aliphatic carbocycles. The molecule has 0 saturated carbocycles. The molecule has 1 aromatic rings. The minimum Gasteiger partial charge on any atom is -0.462 e. The van der Waals surface area contributed by atoms with Gasteiger partial charge in [0.15, 0.2) is 0 Å². The maximum atomic E-state index is 12.1. The molecule has 124 valence electrons. The van der Waals surface area contributed by atoms with E-state index in [4.69, 9.17) is 4.74 Å². The van der Waals surface area contributed by atoms with Gasteiger partial charge in [-0.2, -0.15) is 13.2 Å². The quantitative estimate of drug-likeness (QED) is 0.238. The fourth-order valence-electron chi connectivity index (χ4n) is 1.87. The summed E-state index contributed by atoms with van der Waals surface area (Å²) in [7, 11) is 0. The minimum absolute atomic E-state index is 0.00650. The average molecular weight is 428 g/mol. The van der Waals surface area contributed by atoms with Gasteiger partial charge in [-0.1, -0.05) is 40.3 Å². The fraction of sp³-hybridized carbons (Fsp3) is 0.562. The maximum absolute atomic E-state index is 12.1. The van der Waals surface area contributed by atoms with E-state index in [-0.39, 0.29) is 16.3 Å². The molecule has 0 aromatic heterocycles. The fourth-order valence-corrected chi connectivity index (χ4v) is 2.62. The third kappa shape index (κ3) is 8.60. The Morgan fingerprint density at radius 3 is 2.41 bits per heavy atom. The Hall–Kier alpha value is -0.790. The summed E-state index contributed by atoms with van der Waals surface area (Å²) < 4.78 is 41.4. The van der Waals surface area contributed by atoms with Crippen LogP contribution >= 0.6 is 22.6 Å². The Kier molecular flexibility index (Phi) is 8.20. The van der Waals surface area contributed by atoms with Crippen LogP contribution in [0.15, 0.2) is 24.3 Å². The molecule has 0 saturated heterocycles. The van der Waals surface area contributed by atoms with Gasteiger partial charge >= 0.3 is 12.1 Å². The van der Waals surface area contributed by atoms with Crippen molar-refractivity contribution in [1.29, 1.82) is 0 Å². The van der Waals surface area contributed by atoms with Crippen LogP contribution in [0.1, 0.15) is 48.0 Å². The van der Waals surface area contributed by atoms with Gasteiger partial charge in [0, 0.05) is 10.3 Å². The zero-order valence-electron chi connectivity index (χ0n) is 12.5. The standard InChI is InChI=1S/C16H20F3IO2/c1-12-5-7-13(8-6-12)15(21)22-11-3-2-4-14(20)9-10-16(17,18)19/h5-8,14H,2-4,9-11H2,1H3. The molecule has 0 spiro atoms. The van der Waals surface area contributed by atoms with Crippen LogP contribution in [0.2, 0.25) is 0 Å². The van der Waals surface area contributed by atoms with Crippen molar-refractivity contribution < 1.29 is 22.7 Å². The summed E-state index contributed by atoms with van der Waals surface area (Å²) in [6.07, 6.45) is -2.53. The molecule has 1 atom stereocenters. The van der Waals surface area contributed by atoms with Crippen molar-refractivity contribution in [3.8, 4) is 0 Å². The second-order valence-electron chi connectivity index (χ2n) is 5.25. The number of ether oxygens (including phenoxy) is 1. The van der Waals surface area contributed by atoms with Gasteiger partial charge < -0.3 is 4.74 Å². The zero-order chi connectivity index (χ0) is 16.6. The Labute approximate surface area is 142 Å². The van der Waals surface area contributed by atoms with E-state index in [2.05, 4.69) is 22.6 Å². The normalized spacial score (nSPS) is 13.0. The number of rotatable bonds is 8. The predicted molar refractivity (Wildman–Crippen MR) is 88.4 cm³/mol. The number of carbonyl (C=O) groups excluding carboxylic acids is 1. The predicted octanol–water partition coefficient (Wildman–Crippen LogP) is 5.47. The largest absolute Gasteiger partial charge is 0.462 e. The third-order valence-corrected chi connectivity index (χ3v) is 4.42. The summed E-state index contributed by atoms with van der Waals surface area (Å²) in [4.78, 5) is 11.7. The summed E-state index contributed by atoms with van der Waals surface area (Å²) >= 11 is 2.05.